The second-order valence-electron chi connectivity index (χ2n) is 4.53. The summed E-state index contributed by atoms with van der Waals surface area (Å²) in [6.07, 6.45) is 0.726. The van der Waals surface area contributed by atoms with Crippen LogP contribution in [0.25, 0.3) is 0 Å². The van der Waals surface area contributed by atoms with Gasteiger partial charge in [-0.25, -0.2) is 4.98 Å². The second kappa shape index (κ2) is 5.41. The molecule has 2 heterocycles. The fraction of sp³-hybridized carbons (Fsp3) is 0.417. The summed E-state index contributed by atoms with van der Waals surface area (Å²) < 4.78 is 0. The average molecular weight is 272 g/mol. The number of hydrogen-bond acceptors (Lipinski definition) is 5. The number of carbonyl (C=O) groups excluding carboxylic acids is 2. The number of H-pyrrole nitrogens is 1. The van der Waals surface area contributed by atoms with Crippen molar-refractivity contribution in [3.05, 3.63) is 11.4 Å². The van der Waals surface area contributed by atoms with Gasteiger partial charge in [-0.3, -0.25) is 14.9 Å². The van der Waals surface area contributed by atoms with Crippen molar-refractivity contribution in [3.8, 4) is 12.1 Å². The molecule has 0 aliphatic carbocycles. The first-order valence-corrected chi connectivity index (χ1v) is 6.00. The third-order valence-electron chi connectivity index (χ3n) is 3.19. The lowest BCUT2D eigenvalue weighted by molar-refractivity contribution is -0.137. The summed E-state index contributed by atoms with van der Waals surface area (Å²) in [6.45, 7) is 0.530. The van der Waals surface area contributed by atoms with Gasteiger partial charge < -0.3 is 9.88 Å². The van der Waals surface area contributed by atoms with Crippen LogP contribution in [0.15, 0.2) is 0 Å². The minimum Gasteiger partial charge on any atom is -0.346 e. The van der Waals surface area contributed by atoms with E-state index in [1.54, 1.807) is 24.1 Å². The minimum absolute atomic E-state index is 0.00209. The van der Waals surface area contributed by atoms with Crippen LogP contribution in [0.2, 0.25) is 0 Å². The molecule has 1 saturated heterocycles. The average Bonchev–Trinajstić information content (AvgIpc) is 2.83. The first kappa shape index (κ1) is 13.6. The molecule has 0 unspecified atom stereocenters. The molecule has 102 valence electrons. The monoisotopic (exact) mass is 272 g/mol. The first-order chi connectivity index (χ1) is 9.55. The van der Waals surface area contributed by atoms with E-state index in [1.165, 1.54) is 0 Å². The van der Waals surface area contributed by atoms with E-state index >= 15 is 0 Å². The number of nitrogens with zero attached hydrogens (tertiary/aromatic N) is 4. The number of amides is 2. The third kappa shape index (κ3) is 2.59. The van der Waals surface area contributed by atoms with Gasteiger partial charge in [0.1, 0.15) is 12.1 Å². The molecule has 20 heavy (non-hydrogen) atoms. The Morgan fingerprint density at radius 2 is 2.25 bits per heavy atom. The Hall–Kier alpha value is -2.87. The van der Waals surface area contributed by atoms with E-state index in [4.69, 9.17) is 10.5 Å². The Labute approximate surface area is 115 Å². The van der Waals surface area contributed by atoms with Crippen molar-refractivity contribution in [2.24, 2.45) is 5.92 Å². The maximum atomic E-state index is 12.0. The summed E-state index contributed by atoms with van der Waals surface area (Å²) in [4.78, 5) is 31.5. The number of anilines is 1. The Morgan fingerprint density at radius 3 is 2.80 bits per heavy atom. The predicted octanol–water partition coefficient (Wildman–Crippen LogP) is -0.0400. The van der Waals surface area contributed by atoms with Crippen LogP contribution in [-0.2, 0) is 9.59 Å². The van der Waals surface area contributed by atoms with Crippen LogP contribution < -0.4 is 5.32 Å². The number of rotatable bonds is 2. The van der Waals surface area contributed by atoms with Crippen LogP contribution in [0.3, 0.4) is 0 Å². The number of aromatic amines is 1. The van der Waals surface area contributed by atoms with Gasteiger partial charge in [0.05, 0.1) is 0 Å². The number of carbonyl (C=O) groups is 2. The van der Waals surface area contributed by atoms with Gasteiger partial charge in [-0.15, -0.1) is 0 Å². The molecule has 2 N–H and O–H groups in total. The molecule has 8 nitrogen and oxygen atoms in total. The van der Waals surface area contributed by atoms with Crippen molar-refractivity contribution in [2.45, 2.75) is 12.8 Å². The Morgan fingerprint density at radius 1 is 1.50 bits per heavy atom. The zero-order chi connectivity index (χ0) is 14.7. The van der Waals surface area contributed by atoms with Gasteiger partial charge in [0.25, 0.3) is 0 Å². The molecule has 0 aromatic carbocycles. The van der Waals surface area contributed by atoms with E-state index in [2.05, 4.69) is 15.3 Å². The number of nitriles is 2. The molecule has 0 saturated carbocycles. The van der Waals surface area contributed by atoms with Crippen LogP contribution in [0.5, 0.6) is 0 Å². The number of hydrogen-bond donors (Lipinski definition) is 2. The lowest BCUT2D eigenvalue weighted by atomic mass is 9.96. The van der Waals surface area contributed by atoms with Crippen LogP contribution >= 0.6 is 0 Å². The highest BCUT2D eigenvalue weighted by Gasteiger charge is 2.29. The highest BCUT2D eigenvalue weighted by Crippen LogP contribution is 2.19. The van der Waals surface area contributed by atoms with E-state index in [-0.39, 0.29) is 35.6 Å². The van der Waals surface area contributed by atoms with E-state index in [1.807, 2.05) is 0 Å². The molecule has 2 amide bonds. The lowest BCUT2D eigenvalue weighted by Crippen LogP contribution is -2.40. The van der Waals surface area contributed by atoms with Gasteiger partial charge in [0.2, 0.25) is 17.8 Å². The lowest BCUT2D eigenvalue weighted by Gasteiger charge is -2.27. The predicted molar refractivity (Wildman–Crippen MR) is 67.0 cm³/mol. The molecule has 0 radical (unpaired) electrons. The summed E-state index contributed by atoms with van der Waals surface area (Å²) in [7, 11) is 1.70. The molecule has 0 bridgehead atoms. The van der Waals surface area contributed by atoms with Gasteiger partial charge in [-0.05, 0) is 6.42 Å². The van der Waals surface area contributed by atoms with Crippen molar-refractivity contribution in [3.63, 3.8) is 0 Å². The molecule has 1 aromatic rings. The van der Waals surface area contributed by atoms with Crippen molar-refractivity contribution in [2.75, 3.05) is 18.9 Å². The maximum Gasteiger partial charge on any atom is 0.230 e. The molecule has 1 fully saturated rings. The van der Waals surface area contributed by atoms with E-state index in [0.717, 1.165) is 0 Å². The fourth-order valence-electron chi connectivity index (χ4n) is 1.98. The van der Waals surface area contributed by atoms with E-state index in [0.29, 0.717) is 13.0 Å². The highest BCUT2D eigenvalue weighted by atomic mass is 16.2. The summed E-state index contributed by atoms with van der Waals surface area (Å²) in [5, 5.41) is 20.0. The van der Waals surface area contributed by atoms with Crippen LogP contribution in [0.1, 0.15) is 24.2 Å². The third-order valence-corrected chi connectivity index (χ3v) is 3.19. The number of likely N-dealkylation sites (tertiary alicyclic amines) is 1. The zero-order valence-electron chi connectivity index (χ0n) is 10.8. The number of imidazole rings is 1. The van der Waals surface area contributed by atoms with Gasteiger partial charge in [-0.2, -0.15) is 10.5 Å². The molecule has 0 spiro atoms. The van der Waals surface area contributed by atoms with Crippen LogP contribution in [0, 0.1) is 28.6 Å². The molecule has 1 aromatic heterocycles. The molecule has 2 rings (SSSR count). The van der Waals surface area contributed by atoms with Gasteiger partial charge >= 0.3 is 0 Å². The summed E-state index contributed by atoms with van der Waals surface area (Å²) >= 11 is 0. The number of piperidine rings is 1. The molecule has 1 aliphatic heterocycles. The van der Waals surface area contributed by atoms with Crippen molar-refractivity contribution >= 4 is 17.8 Å². The minimum atomic E-state index is -0.417. The molecular formula is C12H12N6O2. The smallest absolute Gasteiger partial charge is 0.230 e. The summed E-state index contributed by atoms with van der Waals surface area (Å²) in [5.41, 5.74) is -0.0653. The van der Waals surface area contributed by atoms with Gasteiger partial charge in [0, 0.05) is 25.9 Å². The Bertz CT molecular complexity index is 604. The SMILES string of the molecule is CN1CC[C@@H](C(=O)Nc2nc(C#N)c(C#N)[nH]2)CC1=O. The van der Waals surface area contributed by atoms with Crippen LogP contribution in [0.4, 0.5) is 5.95 Å². The van der Waals surface area contributed by atoms with E-state index < -0.39 is 5.92 Å². The summed E-state index contributed by atoms with van der Waals surface area (Å²) in [6, 6.07) is 3.54. The standard InChI is InChI=1S/C12H12N6O2/c1-18-3-2-7(4-10(18)19)11(20)17-12-15-8(5-13)9(6-14)16-12/h7H,2-4H2,1H3,(H2,15,16,17,20)/t7-/m1/s1. The van der Waals surface area contributed by atoms with E-state index in [9.17, 15) is 9.59 Å². The largest absolute Gasteiger partial charge is 0.346 e. The normalized spacial score (nSPS) is 18.2. The zero-order valence-corrected chi connectivity index (χ0v) is 10.8. The Kier molecular flexibility index (Phi) is 3.67. The quantitative estimate of drug-likeness (QED) is 0.781. The maximum absolute atomic E-state index is 12.0. The van der Waals surface area contributed by atoms with Crippen molar-refractivity contribution < 1.29 is 9.59 Å². The topological polar surface area (TPSA) is 126 Å². The Balaban J connectivity index is 2.05. The van der Waals surface area contributed by atoms with Gasteiger partial charge in [0.15, 0.2) is 11.4 Å². The fourth-order valence-corrected chi connectivity index (χ4v) is 1.98. The number of aromatic nitrogens is 2. The van der Waals surface area contributed by atoms with Crippen molar-refractivity contribution in [1.29, 1.82) is 10.5 Å². The molecule has 8 heteroatoms. The molecule has 1 aliphatic rings. The van der Waals surface area contributed by atoms with Gasteiger partial charge in [-0.1, -0.05) is 0 Å². The first-order valence-electron chi connectivity index (χ1n) is 6.00. The second-order valence-corrected chi connectivity index (χ2v) is 4.53. The van der Waals surface area contributed by atoms with Crippen LogP contribution in [-0.4, -0.2) is 40.3 Å². The highest BCUT2D eigenvalue weighted by molar-refractivity contribution is 5.94. The number of nitrogens with one attached hydrogen (secondary N) is 2. The molecule has 1 atom stereocenters. The molecular weight excluding hydrogens is 260 g/mol. The summed E-state index contributed by atoms with van der Waals surface area (Å²) in [5.74, 6) is -0.783. The van der Waals surface area contributed by atoms with Crippen molar-refractivity contribution in [1.82, 2.24) is 14.9 Å².